The Morgan fingerprint density at radius 2 is 2.05 bits per heavy atom. The lowest BCUT2D eigenvalue weighted by Gasteiger charge is -2.06. The molecule has 1 aromatic carbocycles. The van der Waals surface area contributed by atoms with E-state index in [9.17, 15) is 14.9 Å². The van der Waals surface area contributed by atoms with Gasteiger partial charge in [0, 0.05) is 17.7 Å². The Morgan fingerprint density at radius 3 is 2.60 bits per heavy atom. The molecule has 0 unspecified atom stereocenters. The van der Waals surface area contributed by atoms with Crippen LogP contribution in [0.2, 0.25) is 0 Å². The lowest BCUT2D eigenvalue weighted by atomic mass is 10.2. The van der Waals surface area contributed by atoms with Crippen molar-refractivity contribution in [2.75, 3.05) is 5.73 Å². The second kappa shape index (κ2) is 5.22. The fourth-order valence-corrected chi connectivity index (χ4v) is 1.46. The first-order chi connectivity index (χ1) is 9.47. The highest BCUT2D eigenvalue weighted by molar-refractivity contribution is 5.93. The van der Waals surface area contributed by atoms with Gasteiger partial charge in [0.15, 0.2) is 0 Å². The molecule has 102 valence electrons. The van der Waals surface area contributed by atoms with Gasteiger partial charge in [0.1, 0.15) is 0 Å². The number of ether oxygens (including phenoxy) is 1. The normalized spacial score (nSPS) is 10.0. The Balaban J connectivity index is 2.38. The van der Waals surface area contributed by atoms with Crippen LogP contribution in [0.3, 0.4) is 0 Å². The molecule has 2 rings (SSSR count). The number of benzene rings is 1. The van der Waals surface area contributed by atoms with E-state index in [2.05, 4.69) is 4.98 Å². The average Bonchev–Trinajstić information content (AvgIpc) is 2.41. The van der Waals surface area contributed by atoms with Crippen LogP contribution in [0.4, 0.5) is 11.4 Å². The van der Waals surface area contributed by atoms with Gasteiger partial charge < -0.3 is 16.2 Å². The number of aromatic nitrogens is 1. The van der Waals surface area contributed by atoms with E-state index in [1.807, 2.05) is 0 Å². The molecule has 4 N–H and O–H groups in total. The number of rotatable bonds is 4. The monoisotopic (exact) mass is 274 g/mol. The molecular formula is C12H10N4O4. The van der Waals surface area contributed by atoms with Gasteiger partial charge in [-0.2, -0.15) is 0 Å². The molecule has 0 aliphatic carbocycles. The molecule has 20 heavy (non-hydrogen) atoms. The van der Waals surface area contributed by atoms with Gasteiger partial charge in [-0.15, -0.1) is 0 Å². The molecule has 0 atom stereocenters. The number of pyridine rings is 1. The van der Waals surface area contributed by atoms with Gasteiger partial charge in [-0.25, -0.2) is 4.98 Å². The fraction of sp³-hybridized carbons (Fsp3) is 0. The second-order valence-electron chi connectivity index (χ2n) is 3.84. The van der Waals surface area contributed by atoms with Crippen molar-refractivity contribution in [1.82, 2.24) is 4.98 Å². The number of carbonyl (C=O) groups excluding carboxylic acids is 1. The molecule has 0 radical (unpaired) electrons. The molecule has 0 spiro atoms. The summed E-state index contributed by atoms with van der Waals surface area (Å²) < 4.78 is 5.30. The quantitative estimate of drug-likeness (QED) is 0.640. The van der Waals surface area contributed by atoms with Crippen molar-refractivity contribution >= 4 is 17.3 Å². The maximum atomic E-state index is 11.0. The number of hydrogen-bond donors (Lipinski definition) is 2. The Morgan fingerprint density at radius 1 is 1.30 bits per heavy atom. The number of nitro groups is 1. The maximum Gasteiger partial charge on any atom is 0.312 e. The summed E-state index contributed by atoms with van der Waals surface area (Å²) in [5, 5.41) is 11.0. The van der Waals surface area contributed by atoms with Crippen LogP contribution in [0, 0.1) is 10.1 Å². The summed E-state index contributed by atoms with van der Waals surface area (Å²) in [6.45, 7) is 0. The predicted octanol–water partition coefficient (Wildman–Crippen LogP) is 1.46. The highest BCUT2D eigenvalue weighted by Gasteiger charge is 2.18. The molecule has 0 aliphatic heterocycles. The van der Waals surface area contributed by atoms with Crippen molar-refractivity contribution in [2.24, 2.45) is 5.73 Å². The van der Waals surface area contributed by atoms with Crippen LogP contribution in [0.5, 0.6) is 11.6 Å². The van der Waals surface area contributed by atoms with Crippen molar-refractivity contribution in [2.45, 2.75) is 0 Å². The van der Waals surface area contributed by atoms with Crippen LogP contribution >= 0.6 is 0 Å². The van der Waals surface area contributed by atoms with Gasteiger partial charge in [-0.3, -0.25) is 14.9 Å². The Labute approximate surface area is 113 Å². The molecule has 0 fully saturated rings. The highest BCUT2D eigenvalue weighted by atomic mass is 16.6. The minimum atomic E-state index is -0.759. The molecule has 0 saturated heterocycles. The molecule has 0 bridgehead atoms. The van der Waals surface area contributed by atoms with E-state index in [4.69, 9.17) is 16.2 Å². The number of amides is 1. The average molecular weight is 274 g/mol. The van der Waals surface area contributed by atoms with Crippen molar-refractivity contribution < 1.29 is 14.5 Å². The third kappa shape index (κ3) is 2.80. The van der Waals surface area contributed by atoms with Crippen LogP contribution in [0.1, 0.15) is 10.4 Å². The van der Waals surface area contributed by atoms with E-state index in [0.29, 0.717) is 5.69 Å². The summed E-state index contributed by atoms with van der Waals surface area (Å²) in [7, 11) is 0. The first-order valence-electron chi connectivity index (χ1n) is 5.45. The molecule has 8 heteroatoms. The highest BCUT2D eigenvalue weighted by Crippen LogP contribution is 2.31. The SMILES string of the molecule is NC(=O)c1ccc(Oc2ccc(N)cn2)c([N+](=O)[O-])c1. The number of nitrogens with zero attached hydrogens (tertiary/aromatic N) is 2. The van der Waals surface area contributed by atoms with E-state index < -0.39 is 10.8 Å². The zero-order valence-corrected chi connectivity index (χ0v) is 10.1. The number of nitrogens with two attached hydrogens (primary N) is 2. The summed E-state index contributed by atoms with van der Waals surface area (Å²) >= 11 is 0. The Bertz CT molecular complexity index is 670. The summed E-state index contributed by atoms with van der Waals surface area (Å²) in [6, 6.07) is 6.69. The minimum absolute atomic E-state index is 0.0225. The molecule has 1 aromatic heterocycles. The van der Waals surface area contributed by atoms with E-state index in [1.165, 1.54) is 24.4 Å². The zero-order valence-electron chi connectivity index (χ0n) is 10.1. The molecule has 0 aliphatic rings. The number of carbonyl (C=O) groups is 1. The zero-order chi connectivity index (χ0) is 14.7. The van der Waals surface area contributed by atoms with Gasteiger partial charge >= 0.3 is 5.69 Å². The summed E-state index contributed by atoms with van der Waals surface area (Å²) in [6.07, 6.45) is 1.36. The van der Waals surface area contributed by atoms with Gasteiger partial charge in [0.05, 0.1) is 16.8 Å². The number of nitro benzene ring substituents is 1. The molecular weight excluding hydrogens is 264 g/mol. The number of nitrogen functional groups attached to an aromatic ring is 1. The van der Waals surface area contributed by atoms with Crippen molar-refractivity contribution in [3.05, 3.63) is 52.2 Å². The maximum absolute atomic E-state index is 11.0. The largest absolute Gasteiger partial charge is 0.432 e. The van der Waals surface area contributed by atoms with Gasteiger partial charge in [0.25, 0.3) is 0 Å². The minimum Gasteiger partial charge on any atom is -0.432 e. The van der Waals surface area contributed by atoms with E-state index >= 15 is 0 Å². The fourth-order valence-electron chi connectivity index (χ4n) is 1.46. The predicted molar refractivity (Wildman–Crippen MR) is 70.3 cm³/mol. The summed E-state index contributed by atoms with van der Waals surface area (Å²) in [5.74, 6) is -0.656. The standard InChI is InChI=1S/C12H10N4O4/c13-8-2-4-11(15-6-8)20-10-3-1-7(12(14)17)5-9(10)16(18)19/h1-6H,13H2,(H2,14,17). The van der Waals surface area contributed by atoms with Crippen LogP contribution in [0.15, 0.2) is 36.5 Å². The van der Waals surface area contributed by atoms with Gasteiger partial charge in [-0.05, 0) is 18.2 Å². The van der Waals surface area contributed by atoms with Gasteiger partial charge in [-0.1, -0.05) is 0 Å². The number of anilines is 1. The molecule has 8 nitrogen and oxygen atoms in total. The Hall–Kier alpha value is -3.16. The lowest BCUT2D eigenvalue weighted by molar-refractivity contribution is -0.385. The summed E-state index contributed by atoms with van der Waals surface area (Å²) in [4.78, 5) is 25.2. The number of hydrogen-bond acceptors (Lipinski definition) is 6. The summed E-state index contributed by atoms with van der Waals surface area (Å²) in [5.41, 5.74) is 10.6. The van der Waals surface area contributed by atoms with Crippen LogP contribution < -0.4 is 16.2 Å². The molecule has 2 aromatic rings. The Kier molecular flexibility index (Phi) is 3.47. The smallest absolute Gasteiger partial charge is 0.312 e. The third-order valence-corrected chi connectivity index (χ3v) is 2.41. The van der Waals surface area contributed by atoms with E-state index in [-0.39, 0.29) is 22.9 Å². The number of primary amides is 1. The third-order valence-electron chi connectivity index (χ3n) is 2.41. The topological polar surface area (TPSA) is 134 Å². The molecule has 1 heterocycles. The molecule has 1 amide bonds. The van der Waals surface area contributed by atoms with Crippen molar-refractivity contribution in [1.29, 1.82) is 0 Å². The second-order valence-corrected chi connectivity index (χ2v) is 3.84. The lowest BCUT2D eigenvalue weighted by Crippen LogP contribution is -2.11. The van der Waals surface area contributed by atoms with Gasteiger partial charge in [0.2, 0.25) is 17.5 Å². The van der Waals surface area contributed by atoms with Crippen LogP contribution in [-0.2, 0) is 0 Å². The molecule has 0 saturated carbocycles. The van der Waals surface area contributed by atoms with E-state index in [1.54, 1.807) is 6.07 Å². The van der Waals surface area contributed by atoms with Crippen LogP contribution in [0.25, 0.3) is 0 Å². The first-order valence-corrected chi connectivity index (χ1v) is 5.45. The van der Waals surface area contributed by atoms with E-state index in [0.717, 1.165) is 6.07 Å². The van der Waals surface area contributed by atoms with Crippen molar-refractivity contribution in [3.63, 3.8) is 0 Å². The first kappa shape index (κ1) is 13.3. The van der Waals surface area contributed by atoms with Crippen molar-refractivity contribution in [3.8, 4) is 11.6 Å². The van der Waals surface area contributed by atoms with Crippen LogP contribution in [-0.4, -0.2) is 15.8 Å².